The summed E-state index contributed by atoms with van der Waals surface area (Å²) in [6, 6.07) is 28.1. The van der Waals surface area contributed by atoms with E-state index in [0.29, 0.717) is 28.3 Å². The molecule has 0 saturated heterocycles. The predicted molar refractivity (Wildman–Crippen MR) is 284 cm³/mol. The zero-order chi connectivity index (χ0) is 54.9. The molecule has 8 N–H and O–H groups in total. The van der Waals surface area contributed by atoms with Crippen molar-refractivity contribution in [1.29, 1.82) is 0 Å². The molecule has 1 unspecified atom stereocenters. The highest BCUT2D eigenvalue weighted by Crippen LogP contribution is 2.49. The van der Waals surface area contributed by atoms with Gasteiger partial charge in [0.1, 0.15) is 48.9 Å². The summed E-state index contributed by atoms with van der Waals surface area (Å²) < 4.78 is 119. The van der Waals surface area contributed by atoms with Gasteiger partial charge in [-0.1, -0.05) is 19.1 Å². The highest BCUT2D eigenvalue weighted by Gasteiger charge is 2.27. The first-order chi connectivity index (χ1) is 35.9. The molecule has 8 aromatic carbocycles. The van der Waals surface area contributed by atoms with E-state index < -0.39 is 74.1 Å². The van der Waals surface area contributed by atoms with E-state index in [1.807, 2.05) is 19.1 Å². The van der Waals surface area contributed by atoms with Crippen LogP contribution in [0, 0.1) is 13.8 Å². The molecule has 0 amide bonds. The molecule has 0 heterocycles. The summed E-state index contributed by atoms with van der Waals surface area (Å²) in [5, 5.41) is 55.7. The van der Waals surface area contributed by atoms with Crippen LogP contribution in [0.5, 0.6) is 23.0 Å². The molecular weight excluding hydrogens is 1060 g/mol. The Morgan fingerprint density at radius 1 is 0.513 bits per heavy atom. The molecular formula is C49H42N10O13S4. The number of azo groups is 4. The molecule has 0 aliphatic carbocycles. The zero-order valence-electron chi connectivity index (χ0n) is 40.1. The zero-order valence-corrected chi connectivity index (χ0v) is 43.3. The molecule has 0 fully saturated rings. The fourth-order valence-corrected chi connectivity index (χ4v) is 10.2. The van der Waals surface area contributed by atoms with E-state index in [9.17, 15) is 48.8 Å². The quantitative estimate of drug-likeness (QED) is 0.0227. The van der Waals surface area contributed by atoms with Gasteiger partial charge in [0, 0.05) is 6.26 Å². The monoisotopic (exact) mass is 1110 g/mol. The Kier molecular flexibility index (Phi) is 15.1. The van der Waals surface area contributed by atoms with Gasteiger partial charge < -0.3 is 30.0 Å². The molecule has 0 aromatic heterocycles. The first-order valence-electron chi connectivity index (χ1n) is 22.1. The molecule has 23 nitrogen and oxygen atoms in total. The highest BCUT2D eigenvalue weighted by molar-refractivity contribution is 7.87. The Balaban J connectivity index is 1.01. The summed E-state index contributed by atoms with van der Waals surface area (Å²) >= 11 is -1.54. The summed E-state index contributed by atoms with van der Waals surface area (Å²) in [4.78, 5) is -1.95. The van der Waals surface area contributed by atoms with E-state index in [2.05, 4.69) is 40.9 Å². The first-order valence-corrected chi connectivity index (χ1v) is 27.8. The molecule has 0 bridgehead atoms. The number of hydrogen-bond acceptors (Lipinski definition) is 21. The third-order valence-corrected chi connectivity index (χ3v) is 14.7. The summed E-state index contributed by atoms with van der Waals surface area (Å²) in [5.41, 5.74) is 14.6. The molecule has 0 spiro atoms. The number of aryl methyl sites for hydroxylation is 3. The van der Waals surface area contributed by atoms with E-state index in [-0.39, 0.29) is 66.3 Å². The van der Waals surface area contributed by atoms with E-state index >= 15 is 0 Å². The highest BCUT2D eigenvalue weighted by atomic mass is 32.2. The molecule has 0 aliphatic rings. The first kappa shape index (κ1) is 53.7. The molecule has 0 saturated carbocycles. The second kappa shape index (κ2) is 21.3. The van der Waals surface area contributed by atoms with Crippen molar-refractivity contribution >= 4 is 120 Å². The maximum atomic E-state index is 13.3. The van der Waals surface area contributed by atoms with Gasteiger partial charge in [-0.25, -0.2) is 4.21 Å². The fourth-order valence-electron chi connectivity index (χ4n) is 7.57. The Bertz CT molecular complexity index is 4120. The average Bonchev–Trinajstić information content (AvgIpc) is 3.38. The molecule has 27 heteroatoms. The van der Waals surface area contributed by atoms with Gasteiger partial charge in [-0.05, 0) is 157 Å². The average molecular weight is 1110 g/mol. The van der Waals surface area contributed by atoms with Gasteiger partial charge in [-0.15, -0.1) is 20.5 Å². The Hall–Kier alpha value is -8.60. The van der Waals surface area contributed by atoms with E-state index in [4.69, 9.17) is 19.8 Å². The molecule has 8 rings (SSSR count). The number of nitrogens with two attached hydrogens (primary N) is 2. The SMILES string of the molecule is CCc1ccc(N=Nc2c(C)cc3cc(S(=O)(=O)O)c(N=Nc4ccc(OS(=O)(=O)c5ccc(N=Nc6c(S(=O)(=O)O)cc7cc(C)c(N=Nc8ccc(OS(C)=O)cc8)c(N)c7c6O)cc5)cc4)c(O)c3c2N)cc1. The van der Waals surface area contributed by atoms with E-state index in [1.54, 1.807) is 38.1 Å². The van der Waals surface area contributed by atoms with E-state index in [1.165, 1.54) is 66.9 Å². The molecule has 0 aliphatic heterocycles. The third kappa shape index (κ3) is 11.7. The number of phenols is 2. The topological polar surface area (TPSA) is 370 Å². The normalized spacial score (nSPS) is 13.0. The van der Waals surface area contributed by atoms with Gasteiger partial charge >= 0.3 is 10.1 Å². The number of phenolic OH excluding ortho intramolecular Hbond substituents is 2. The van der Waals surface area contributed by atoms with Crippen LogP contribution in [0.15, 0.2) is 177 Å². The second-order valence-corrected chi connectivity index (χ2v) is 21.8. The van der Waals surface area contributed by atoms with Crippen LogP contribution in [-0.4, -0.2) is 55.0 Å². The standard InChI is InChI=1S/C49H42N10O13S4/c1-5-28-6-8-31(9-7-28)52-56-44-26(2)22-29-24-38(74(63,64)65)46(48(60)40(29)42(44)50)58-54-33-12-18-36(19-13-33)72-76(69,70)37-20-14-34(15-21-37)55-59-47-39(75(66,67)68)25-30-23-27(3)45(43(51)41(30)49(47)61)57-53-32-10-16-35(17-11-32)71-73(4)62/h6-25,60-61H,5,50-51H2,1-4H3,(H,63,64,65)(H,66,67,68). The van der Waals surface area contributed by atoms with Crippen LogP contribution in [0.4, 0.5) is 56.9 Å². The minimum atomic E-state index is -5.03. The summed E-state index contributed by atoms with van der Waals surface area (Å²) in [6.45, 7) is 5.28. The molecule has 1 atom stereocenters. The molecule has 390 valence electrons. The lowest BCUT2D eigenvalue weighted by atomic mass is 10.0. The lowest BCUT2D eigenvalue weighted by Gasteiger charge is -2.13. The van der Waals surface area contributed by atoms with Gasteiger partial charge in [-0.2, -0.15) is 45.7 Å². The number of fused-ring (bicyclic) bond motifs is 2. The smallest absolute Gasteiger partial charge is 0.339 e. The van der Waals surface area contributed by atoms with Gasteiger partial charge in [0.05, 0.1) is 44.9 Å². The van der Waals surface area contributed by atoms with Crippen molar-refractivity contribution in [3.8, 4) is 23.0 Å². The largest absolute Gasteiger partial charge is 0.505 e. The fraction of sp³-hybridized carbons (Fsp3) is 0.102. The van der Waals surface area contributed by atoms with Crippen LogP contribution in [0.1, 0.15) is 23.6 Å². The van der Waals surface area contributed by atoms with Crippen molar-refractivity contribution in [2.45, 2.75) is 41.9 Å². The Morgan fingerprint density at radius 3 is 1.24 bits per heavy atom. The van der Waals surface area contributed by atoms with Crippen molar-refractivity contribution in [3.63, 3.8) is 0 Å². The van der Waals surface area contributed by atoms with Crippen molar-refractivity contribution < 1.29 is 57.1 Å². The molecule has 0 radical (unpaired) electrons. The van der Waals surface area contributed by atoms with Crippen molar-refractivity contribution in [2.75, 3.05) is 17.7 Å². The van der Waals surface area contributed by atoms with Gasteiger partial charge in [0.2, 0.25) is 11.1 Å². The second-order valence-electron chi connectivity index (χ2n) is 16.5. The van der Waals surface area contributed by atoms with Gasteiger partial charge in [0.15, 0.2) is 11.5 Å². The number of benzene rings is 8. The van der Waals surface area contributed by atoms with Crippen LogP contribution in [0.2, 0.25) is 0 Å². The van der Waals surface area contributed by atoms with Crippen molar-refractivity contribution in [1.82, 2.24) is 0 Å². The summed E-state index contributed by atoms with van der Waals surface area (Å²) in [6.07, 6.45) is 2.20. The predicted octanol–water partition coefficient (Wildman–Crippen LogP) is 12.3. The van der Waals surface area contributed by atoms with Gasteiger partial charge in [0.25, 0.3) is 20.2 Å². The summed E-state index contributed by atoms with van der Waals surface area (Å²) in [7, 11) is -14.6. The summed E-state index contributed by atoms with van der Waals surface area (Å²) in [5.74, 6) is -1.38. The van der Waals surface area contributed by atoms with Crippen LogP contribution >= 0.6 is 0 Å². The van der Waals surface area contributed by atoms with Crippen LogP contribution in [-0.2, 0) is 47.9 Å². The minimum Gasteiger partial charge on any atom is -0.505 e. The Labute approximate surface area is 436 Å². The number of nitrogens with zero attached hydrogens (tertiary/aromatic N) is 8. The lowest BCUT2D eigenvalue weighted by molar-refractivity contribution is 0.472. The van der Waals surface area contributed by atoms with Crippen LogP contribution in [0.3, 0.4) is 0 Å². The molecule has 76 heavy (non-hydrogen) atoms. The maximum absolute atomic E-state index is 13.3. The van der Waals surface area contributed by atoms with Crippen molar-refractivity contribution in [2.24, 2.45) is 40.9 Å². The minimum absolute atomic E-state index is 0.0288. The molecule has 8 aromatic rings. The van der Waals surface area contributed by atoms with Crippen molar-refractivity contribution in [3.05, 3.63) is 138 Å². The van der Waals surface area contributed by atoms with Crippen LogP contribution < -0.4 is 19.8 Å². The van der Waals surface area contributed by atoms with Crippen LogP contribution in [0.25, 0.3) is 21.5 Å². The maximum Gasteiger partial charge on any atom is 0.339 e. The van der Waals surface area contributed by atoms with E-state index in [0.717, 1.165) is 36.2 Å². The Morgan fingerprint density at radius 2 is 0.868 bits per heavy atom. The number of anilines is 2. The number of nitrogen functional groups attached to an aromatic ring is 2. The number of rotatable bonds is 16. The third-order valence-electron chi connectivity index (χ3n) is 11.3. The van der Waals surface area contributed by atoms with Gasteiger partial charge in [-0.3, -0.25) is 9.11 Å². The number of aromatic hydroxyl groups is 2. The number of hydrogen-bond donors (Lipinski definition) is 6. The lowest BCUT2D eigenvalue weighted by Crippen LogP contribution is -2.09.